The number of nitrogens with one attached hydrogen (secondary N) is 1. The van der Waals surface area contributed by atoms with Gasteiger partial charge in [-0.3, -0.25) is 0 Å². The normalized spacial score (nSPS) is 12.0. The molecule has 4 heteroatoms. The van der Waals surface area contributed by atoms with Gasteiger partial charge in [0.1, 0.15) is 5.82 Å². The smallest absolute Gasteiger partial charge is 0.219 e. The lowest BCUT2D eigenvalue weighted by Gasteiger charge is -2.13. The van der Waals surface area contributed by atoms with E-state index in [0.29, 0.717) is 24.2 Å². The summed E-state index contributed by atoms with van der Waals surface area (Å²) in [6.45, 7) is 5.07. The van der Waals surface area contributed by atoms with Crippen LogP contribution in [0.5, 0.6) is 5.88 Å². The van der Waals surface area contributed by atoms with Crippen molar-refractivity contribution >= 4 is 5.82 Å². The van der Waals surface area contributed by atoms with Gasteiger partial charge in [0, 0.05) is 18.7 Å². The van der Waals surface area contributed by atoms with Crippen LogP contribution >= 0.6 is 0 Å². The van der Waals surface area contributed by atoms with Crippen molar-refractivity contribution in [1.82, 2.24) is 9.97 Å². The Balaban J connectivity index is 2.18. The molecule has 0 fully saturated rings. The molecule has 0 bridgehead atoms. The number of nitrogens with zero attached hydrogens (tertiary/aromatic N) is 2. The molecule has 1 N–H and O–H groups in total. The van der Waals surface area contributed by atoms with Gasteiger partial charge >= 0.3 is 0 Å². The maximum atomic E-state index is 5.83. The molecule has 0 aliphatic rings. The molecule has 0 radical (unpaired) electrons. The number of ether oxygens (including phenoxy) is 1. The van der Waals surface area contributed by atoms with Crippen molar-refractivity contribution in [3.05, 3.63) is 36.4 Å². The molecular weight excluding hydrogens is 262 g/mol. The first kappa shape index (κ1) is 15.3. The lowest BCUT2D eigenvalue weighted by molar-refractivity contribution is 0.243. The van der Waals surface area contributed by atoms with E-state index in [1.807, 2.05) is 43.4 Å². The number of rotatable bonds is 7. The summed E-state index contributed by atoms with van der Waals surface area (Å²) in [5.41, 5.74) is 0.987. The molecule has 21 heavy (non-hydrogen) atoms. The number of hydrogen-bond acceptors (Lipinski definition) is 4. The highest BCUT2D eigenvalue weighted by atomic mass is 16.5. The molecule has 0 aliphatic carbocycles. The molecule has 0 amide bonds. The second-order valence-electron chi connectivity index (χ2n) is 5.24. The van der Waals surface area contributed by atoms with Crippen LogP contribution in [0.3, 0.4) is 0 Å². The van der Waals surface area contributed by atoms with Crippen LogP contribution < -0.4 is 10.1 Å². The van der Waals surface area contributed by atoms with Crippen LogP contribution in [-0.4, -0.2) is 23.6 Å². The molecule has 0 aliphatic heterocycles. The summed E-state index contributed by atoms with van der Waals surface area (Å²) in [7, 11) is 1.85. The van der Waals surface area contributed by atoms with E-state index in [0.717, 1.165) is 17.8 Å². The molecule has 4 nitrogen and oxygen atoms in total. The van der Waals surface area contributed by atoms with Crippen molar-refractivity contribution in [3.8, 4) is 17.3 Å². The second-order valence-corrected chi connectivity index (χ2v) is 5.24. The van der Waals surface area contributed by atoms with Crippen molar-refractivity contribution in [3.63, 3.8) is 0 Å². The zero-order valence-electron chi connectivity index (χ0n) is 13.0. The first-order valence-corrected chi connectivity index (χ1v) is 7.48. The van der Waals surface area contributed by atoms with Crippen molar-refractivity contribution in [1.29, 1.82) is 0 Å². The predicted molar refractivity (Wildman–Crippen MR) is 86.6 cm³/mol. The van der Waals surface area contributed by atoms with Gasteiger partial charge in [-0.15, -0.1) is 0 Å². The fourth-order valence-electron chi connectivity index (χ4n) is 2.15. The van der Waals surface area contributed by atoms with Crippen molar-refractivity contribution < 1.29 is 4.74 Å². The zero-order chi connectivity index (χ0) is 15.1. The molecule has 1 atom stereocenters. The minimum absolute atomic E-state index is 0.531. The van der Waals surface area contributed by atoms with Gasteiger partial charge in [0.15, 0.2) is 5.82 Å². The maximum absolute atomic E-state index is 5.83. The fraction of sp³-hybridized carbons (Fsp3) is 0.412. The molecule has 0 spiro atoms. The number of aromatic nitrogens is 2. The predicted octanol–water partition coefficient (Wildman–Crippen LogP) is 4.00. The maximum Gasteiger partial charge on any atom is 0.219 e. The van der Waals surface area contributed by atoms with Gasteiger partial charge in [0.05, 0.1) is 6.61 Å². The molecule has 0 saturated carbocycles. The molecule has 2 aromatic rings. The van der Waals surface area contributed by atoms with E-state index in [4.69, 9.17) is 4.74 Å². The molecule has 0 saturated heterocycles. The van der Waals surface area contributed by atoms with Gasteiger partial charge in [-0.1, -0.05) is 50.6 Å². The zero-order valence-corrected chi connectivity index (χ0v) is 13.0. The summed E-state index contributed by atoms with van der Waals surface area (Å²) < 4.78 is 5.83. The number of hydrogen-bond donors (Lipinski definition) is 1. The Bertz CT molecular complexity index is 557. The van der Waals surface area contributed by atoms with Gasteiger partial charge in [-0.05, 0) is 12.3 Å². The third kappa shape index (κ3) is 4.45. The minimum Gasteiger partial charge on any atom is -0.477 e. The van der Waals surface area contributed by atoms with E-state index in [-0.39, 0.29) is 0 Å². The Hall–Kier alpha value is -2.10. The fourth-order valence-corrected chi connectivity index (χ4v) is 2.15. The quantitative estimate of drug-likeness (QED) is 0.835. The first-order chi connectivity index (χ1) is 10.2. The van der Waals surface area contributed by atoms with Crippen LogP contribution in [0.25, 0.3) is 11.4 Å². The van der Waals surface area contributed by atoms with Crippen LogP contribution in [0.4, 0.5) is 5.82 Å². The molecular formula is C17H23N3O. The highest BCUT2D eigenvalue weighted by Gasteiger charge is 2.08. The highest BCUT2D eigenvalue weighted by molar-refractivity contribution is 5.58. The highest BCUT2D eigenvalue weighted by Crippen LogP contribution is 2.21. The summed E-state index contributed by atoms with van der Waals surface area (Å²) in [5, 5.41) is 3.06. The second kappa shape index (κ2) is 7.62. The lowest BCUT2D eigenvalue weighted by Crippen LogP contribution is -2.10. The molecule has 112 valence electrons. The SMILES string of the molecule is CCCC(C)COc1cc(NC)nc(-c2ccccc2)n1. The van der Waals surface area contributed by atoms with E-state index < -0.39 is 0 Å². The Morgan fingerprint density at radius 1 is 1.19 bits per heavy atom. The van der Waals surface area contributed by atoms with Gasteiger partial charge in [-0.25, -0.2) is 4.98 Å². The summed E-state index contributed by atoms with van der Waals surface area (Å²) in [6.07, 6.45) is 2.33. The van der Waals surface area contributed by atoms with Gasteiger partial charge < -0.3 is 10.1 Å². The molecule has 1 aromatic heterocycles. The average molecular weight is 285 g/mol. The van der Waals surface area contributed by atoms with Crippen LogP contribution in [0.15, 0.2) is 36.4 Å². The van der Waals surface area contributed by atoms with E-state index >= 15 is 0 Å². The molecule has 2 rings (SSSR count). The summed E-state index contributed by atoms with van der Waals surface area (Å²) in [4.78, 5) is 8.99. The largest absolute Gasteiger partial charge is 0.477 e. The number of benzene rings is 1. The van der Waals surface area contributed by atoms with Crippen molar-refractivity contribution in [2.45, 2.75) is 26.7 Å². The standard InChI is InChI=1S/C17H23N3O/c1-4-8-13(2)12-21-16-11-15(18-3)19-17(20-16)14-9-6-5-7-10-14/h5-7,9-11,13H,4,8,12H2,1-3H3,(H,18,19,20). The Morgan fingerprint density at radius 3 is 2.62 bits per heavy atom. The van der Waals surface area contributed by atoms with E-state index in [2.05, 4.69) is 29.1 Å². The Morgan fingerprint density at radius 2 is 1.95 bits per heavy atom. The summed E-state index contributed by atoms with van der Waals surface area (Å²) >= 11 is 0. The van der Waals surface area contributed by atoms with Crippen LogP contribution in [0.2, 0.25) is 0 Å². The minimum atomic E-state index is 0.531. The Kier molecular flexibility index (Phi) is 5.55. The molecule has 1 aromatic carbocycles. The van der Waals surface area contributed by atoms with Gasteiger partial charge in [0.2, 0.25) is 5.88 Å². The average Bonchev–Trinajstić information content (AvgIpc) is 2.54. The van der Waals surface area contributed by atoms with E-state index in [9.17, 15) is 0 Å². The van der Waals surface area contributed by atoms with E-state index in [1.165, 1.54) is 6.42 Å². The molecule has 1 unspecified atom stereocenters. The third-order valence-electron chi connectivity index (χ3n) is 3.29. The molecule has 1 heterocycles. The number of anilines is 1. The first-order valence-electron chi connectivity index (χ1n) is 7.48. The topological polar surface area (TPSA) is 47.0 Å². The Labute approximate surface area is 126 Å². The summed E-state index contributed by atoms with van der Waals surface area (Å²) in [5.74, 6) is 2.60. The van der Waals surface area contributed by atoms with Crippen LogP contribution in [0, 0.1) is 5.92 Å². The summed E-state index contributed by atoms with van der Waals surface area (Å²) in [6, 6.07) is 11.8. The van der Waals surface area contributed by atoms with Crippen molar-refractivity contribution in [2.24, 2.45) is 5.92 Å². The third-order valence-corrected chi connectivity index (χ3v) is 3.29. The lowest BCUT2D eigenvalue weighted by atomic mass is 10.1. The van der Waals surface area contributed by atoms with Crippen molar-refractivity contribution in [2.75, 3.05) is 19.0 Å². The van der Waals surface area contributed by atoms with Gasteiger partial charge in [0.25, 0.3) is 0 Å². The van der Waals surface area contributed by atoms with Crippen LogP contribution in [0.1, 0.15) is 26.7 Å². The monoisotopic (exact) mass is 285 g/mol. The van der Waals surface area contributed by atoms with Crippen LogP contribution in [-0.2, 0) is 0 Å². The van der Waals surface area contributed by atoms with Gasteiger partial charge in [-0.2, -0.15) is 4.98 Å². The van der Waals surface area contributed by atoms with E-state index in [1.54, 1.807) is 0 Å².